The molecule has 2 aliphatic rings. The van der Waals surface area contributed by atoms with Crippen molar-refractivity contribution in [3.8, 4) is 0 Å². The normalized spacial score (nSPS) is 26.9. The maximum Gasteiger partial charge on any atom is 0.320 e. The second kappa shape index (κ2) is 4.17. The molecule has 2 amide bonds. The Morgan fingerprint density at radius 2 is 2.29 bits per heavy atom. The van der Waals surface area contributed by atoms with Gasteiger partial charge in [0.25, 0.3) is 0 Å². The lowest BCUT2D eigenvalue weighted by Gasteiger charge is -2.27. The van der Waals surface area contributed by atoms with Crippen LogP contribution >= 0.6 is 0 Å². The highest BCUT2D eigenvalue weighted by Crippen LogP contribution is 2.25. The van der Waals surface area contributed by atoms with Gasteiger partial charge in [-0.25, -0.2) is 4.79 Å². The fourth-order valence-corrected chi connectivity index (χ4v) is 2.43. The second-order valence-corrected chi connectivity index (χ2v) is 4.21. The largest absolute Gasteiger partial charge is 0.330 e. The van der Waals surface area contributed by atoms with Gasteiger partial charge in [0.1, 0.15) is 0 Å². The van der Waals surface area contributed by atoms with Crippen molar-refractivity contribution in [2.24, 2.45) is 5.73 Å². The van der Waals surface area contributed by atoms with Crippen LogP contribution in [0.4, 0.5) is 4.79 Å². The highest BCUT2D eigenvalue weighted by Gasteiger charge is 2.37. The molecule has 0 aromatic rings. The molecule has 4 nitrogen and oxygen atoms in total. The number of urea groups is 1. The van der Waals surface area contributed by atoms with Crippen LogP contribution in [0.3, 0.4) is 0 Å². The average molecular weight is 197 g/mol. The molecule has 2 saturated heterocycles. The van der Waals surface area contributed by atoms with Crippen LogP contribution in [0.1, 0.15) is 25.7 Å². The van der Waals surface area contributed by atoms with E-state index in [9.17, 15) is 4.79 Å². The number of nitrogens with two attached hydrogens (primary N) is 1. The van der Waals surface area contributed by atoms with E-state index in [1.54, 1.807) is 0 Å². The van der Waals surface area contributed by atoms with Crippen molar-refractivity contribution in [3.63, 3.8) is 0 Å². The summed E-state index contributed by atoms with van der Waals surface area (Å²) in [6.45, 7) is 3.40. The Morgan fingerprint density at radius 3 is 3.00 bits per heavy atom. The summed E-state index contributed by atoms with van der Waals surface area (Å²) in [7, 11) is 0. The van der Waals surface area contributed by atoms with Crippen molar-refractivity contribution >= 4 is 6.03 Å². The van der Waals surface area contributed by atoms with E-state index in [1.165, 1.54) is 19.3 Å². The van der Waals surface area contributed by atoms with Gasteiger partial charge in [0.15, 0.2) is 0 Å². The fraction of sp³-hybridized carbons (Fsp3) is 0.900. The first-order valence-electron chi connectivity index (χ1n) is 5.58. The second-order valence-electron chi connectivity index (χ2n) is 4.21. The van der Waals surface area contributed by atoms with Gasteiger partial charge in [0.05, 0.1) is 6.04 Å². The summed E-state index contributed by atoms with van der Waals surface area (Å²) in [5.41, 5.74) is 5.45. The number of fused-ring (bicyclic) bond motifs is 1. The lowest BCUT2D eigenvalue weighted by atomic mass is 10.0. The Morgan fingerprint density at radius 1 is 1.43 bits per heavy atom. The third-order valence-electron chi connectivity index (χ3n) is 3.21. The lowest BCUT2D eigenvalue weighted by molar-refractivity contribution is 0.175. The molecule has 0 spiro atoms. The molecule has 0 unspecified atom stereocenters. The molecule has 2 rings (SSSR count). The number of hydrogen-bond acceptors (Lipinski definition) is 2. The van der Waals surface area contributed by atoms with Gasteiger partial charge in [-0.15, -0.1) is 0 Å². The van der Waals surface area contributed by atoms with Crippen molar-refractivity contribution in [1.82, 2.24) is 9.80 Å². The monoisotopic (exact) mass is 197 g/mol. The lowest BCUT2D eigenvalue weighted by Crippen LogP contribution is -2.38. The van der Waals surface area contributed by atoms with Gasteiger partial charge in [-0.2, -0.15) is 0 Å². The van der Waals surface area contributed by atoms with Gasteiger partial charge in [-0.05, 0) is 32.2 Å². The predicted molar refractivity (Wildman–Crippen MR) is 55.0 cm³/mol. The first-order valence-corrected chi connectivity index (χ1v) is 5.58. The molecule has 80 valence electrons. The molecule has 0 radical (unpaired) electrons. The van der Waals surface area contributed by atoms with E-state index in [4.69, 9.17) is 5.73 Å². The third kappa shape index (κ3) is 1.71. The van der Waals surface area contributed by atoms with Crippen LogP contribution in [0.15, 0.2) is 0 Å². The number of carbonyl (C=O) groups excluding carboxylic acids is 1. The molecule has 0 aliphatic carbocycles. The summed E-state index contributed by atoms with van der Waals surface area (Å²) in [5.74, 6) is 0. The van der Waals surface area contributed by atoms with E-state index in [2.05, 4.69) is 0 Å². The maximum atomic E-state index is 11.9. The van der Waals surface area contributed by atoms with E-state index < -0.39 is 0 Å². The summed E-state index contributed by atoms with van der Waals surface area (Å²) in [5, 5.41) is 0. The first-order chi connectivity index (χ1) is 6.83. The molecule has 2 heterocycles. The molecule has 0 aromatic carbocycles. The number of amides is 2. The standard InChI is InChI=1S/C10H19N3O/c11-5-3-6-12-8-9-4-1-2-7-13(9)10(12)14/h9H,1-8,11H2/t9-/m1/s1. The van der Waals surface area contributed by atoms with Crippen molar-refractivity contribution in [1.29, 1.82) is 0 Å². The van der Waals surface area contributed by atoms with E-state index in [1.807, 2.05) is 9.80 Å². The van der Waals surface area contributed by atoms with E-state index >= 15 is 0 Å². The maximum absolute atomic E-state index is 11.9. The summed E-state index contributed by atoms with van der Waals surface area (Å²) >= 11 is 0. The van der Waals surface area contributed by atoms with Gasteiger partial charge >= 0.3 is 6.03 Å². The van der Waals surface area contributed by atoms with Crippen LogP contribution < -0.4 is 5.73 Å². The number of carbonyl (C=O) groups is 1. The Balaban J connectivity index is 1.92. The summed E-state index contributed by atoms with van der Waals surface area (Å²) in [6, 6.07) is 0.733. The first kappa shape index (κ1) is 9.77. The van der Waals surface area contributed by atoms with Crippen LogP contribution in [-0.2, 0) is 0 Å². The summed E-state index contributed by atoms with van der Waals surface area (Å²) in [6.07, 6.45) is 4.56. The number of rotatable bonds is 3. The number of nitrogens with zero attached hydrogens (tertiary/aromatic N) is 2. The van der Waals surface area contributed by atoms with Gasteiger partial charge in [0, 0.05) is 19.6 Å². The van der Waals surface area contributed by atoms with Crippen molar-refractivity contribution in [2.75, 3.05) is 26.2 Å². The smallest absolute Gasteiger partial charge is 0.320 e. The highest BCUT2D eigenvalue weighted by molar-refractivity contribution is 5.77. The molecule has 1 atom stereocenters. The zero-order valence-electron chi connectivity index (χ0n) is 8.61. The SMILES string of the molecule is NCCCN1C[C@H]2CCCCN2C1=O. The average Bonchev–Trinajstić information content (AvgIpc) is 2.54. The minimum absolute atomic E-state index is 0.239. The molecule has 0 saturated carbocycles. The Bertz CT molecular complexity index is 219. The summed E-state index contributed by atoms with van der Waals surface area (Å²) in [4.78, 5) is 15.9. The molecule has 2 aliphatic heterocycles. The minimum atomic E-state index is 0.239. The van der Waals surface area contributed by atoms with Crippen LogP contribution in [0.25, 0.3) is 0 Å². The van der Waals surface area contributed by atoms with Crippen molar-refractivity contribution < 1.29 is 4.79 Å². The molecule has 0 bridgehead atoms. The zero-order chi connectivity index (χ0) is 9.97. The molecular formula is C10H19N3O. The highest BCUT2D eigenvalue weighted by atomic mass is 16.2. The summed E-state index contributed by atoms with van der Waals surface area (Å²) < 4.78 is 0. The third-order valence-corrected chi connectivity index (χ3v) is 3.21. The van der Waals surface area contributed by atoms with Crippen LogP contribution in [-0.4, -0.2) is 48.1 Å². The minimum Gasteiger partial charge on any atom is -0.330 e. The van der Waals surface area contributed by atoms with Gasteiger partial charge in [0.2, 0.25) is 0 Å². The van der Waals surface area contributed by atoms with Crippen molar-refractivity contribution in [2.45, 2.75) is 31.7 Å². The topological polar surface area (TPSA) is 49.6 Å². The van der Waals surface area contributed by atoms with E-state index in [0.29, 0.717) is 12.6 Å². The van der Waals surface area contributed by atoms with Gasteiger partial charge in [-0.3, -0.25) is 0 Å². The fourth-order valence-electron chi connectivity index (χ4n) is 2.43. The van der Waals surface area contributed by atoms with E-state index in [0.717, 1.165) is 26.1 Å². The van der Waals surface area contributed by atoms with Gasteiger partial charge in [-0.1, -0.05) is 0 Å². The molecule has 2 fully saturated rings. The van der Waals surface area contributed by atoms with Gasteiger partial charge < -0.3 is 15.5 Å². The molecule has 4 heteroatoms. The Kier molecular flexibility index (Phi) is 2.91. The van der Waals surface area contributed by atoms with Crippen LogP contribution in [0.5, 0.6) is 0 Å². The Hall–Kier alpha value is -0.770. The van der Waals surface area contributed by atoms with E-state index in [-0.39, 0.29) is 6.03 Å². The van der Waals surface area contributed by atoms with Crippen molar-refractivity contribution in [3.05, 3.63) is 0 Å². The molecule has 14 heavy (non-hydrogen) atoms. The molecule has 2 N–H and O–H groups in total. The number of hydrogen-bond donors (Lipinski definition) is 1. The molecular weight excluding hydrogens is 178 g/mol. The zero-order valence-corrected chi connectivity index (χ0v) is 8.61. The van der Waals surface area contributed by atoms with Crippen LogP contribution in [0, 0.1) is 0 Å². The Labute approximate surface area is 85.0 Å². The number of piperidine rings is 1. The predicted octanol–water partition coefficient (Wildman–Crippen LogP) is 0.625. The molecule has 0 aromatic heterocycles. The van der Waals surface area contributed by atoms with Crippen LogP contribution in [0.2, 0.25) is 0 Å². The quantitative estimate of drug-likeness (QED) is 0.721.